The molecule has 0 aliphatic heterocycles. The Hall–Kier alpha value is -3.46. The third-order valence-corrected chi connectivity index (χ3v) is 4.79. The summed E-state index contributed by atoms with van der Waals surface area (Å²) in [5.74, 6) is 0.489. The van der Waals surface area contributed by atoms with Crippen molar-refractivity contribution in [2.24, 2.45) is 14.1 Å². The summed E-state index contributed by atoms with van der Waals surface area (Å²) in [6, 6.07) is 4.64. The van der Waals surface area contributed by atoms with Crippen LogP contribution in [-0.4, -0.2) is 29.5 Å². The molecule has 0 spiro atoms. The molecule has 30 heavy (non-hydrogen) atoms. The van der Waals surface area contributed by atoms with Crippen LogP contribution in [0, 0.1) is 5.82 Å². The van der Waals surface area contributed by atoms with Crippen molar-refractivity contribution in [3.63, 3.8) is 0 Å². The molecule has 4 aromatic rings. The van der Waals surface area contributed by atoms with E-state index in [9.17, 15) is 4.39 Å². The van der Waals surface area contributed by atoms with E-state index in [-0.39, 0.29) is 11.9 Å². The zero-order valence-corrected chi connectivity index (χ0v) is 17.4. The lowest BCUT2D eigenvalue weighted by Crippen LogP contribution is -2.10. The quantitative estimate of drug-likeness (QED) is 0.477. The molecule has 0 saturated carbocycles. The Morgan fingerprint density at radius 3 is 2.47 bits per heavy atom. The van der Waals surface area contributed by atoms with Gasteiger partial charge in [0.25, 0.3) is 0 Å². The van der Waals surface area contributed by atoms with E-state index in [4.69, 9.17) is 11.6 Å². The molecule has 2 N–H and O–H groups in total. The van der Waals surface area contributed by atoms with Gasteiger partial charge >= 0.3 is 0 Å². The molecule has 8 nitrogen and oxygen atoms in total. The van der Waals surface area contributed by atoms with E-state index < -0.39 is 0 Å². The van der Waals surface area contributed by atoms with Crippen LogP contribution in [-0.2, 0) is 14.1 Å². The molecule has 4 rings (SSSR count). The molecular weight excluding hydrogens is 407 g/mol. The lowest BCUT2D eigenvalue weighted by molar-refractivity contribution is 0.624. The zero-order valence-electron chi connectivity index (χ0n) is 16.6. The molecule has 154 valence electrons. The lowest BCUT2D eigenvalue weighted by atomic mass is 10.0. The molecule has 0 aliphatic rings. The molecule has 1 atom stereocenters. The monoisotopic (exact) mass is 426 g/mol. The first-order valence-electron chi connectivity index (χ1n) is 9.21. The molecule has 0 amide bonds. The fourth-order valence-electron chi connectivity index (χ4n) is 3.03. The zero-order chi connectivity index (χ0) is 21.3. The number of benzene rings is 1. The Morgan fingerprint density at radius 2 is 1.77 bits per heavy atom. The van der Waals surface area contributed by atoms with Crippen LogP contribution in [0.3, 0.4) is 0 Å². The summed E-state index contributed by atoms with van der Waals surface area (Å²) in [6.07, 6.45) is 8.53. The largest absolute Gasteiger partial charge is 0.362 e. The molecule has 3 aromatic heterocycles. The summed E-state index contributed by atoms with van der Waals surface area (Å²) in [5.41, 5.74) is 3.10. The van der Waals surface area contributed by atoms with Gasteiger partial charge in [0.1, 0.15) is 10.8 Å². The fraction of sp³-hybridized carbons (Fsp3) is 0.200. The van der Waals surface area contributed by atoms with Gasteiger partial charge in [-0.05, 0) is 36.2 Å². The number of hydrogen-bond donors (Lipinski definition) is 2. The van der Waals surface area contributed by atoms with Gasteiger partial charge in [-0.2, -0.15) is 15.2 Å². The van der Waals surface area contributed by atoms with Gasteiger partial charge in [0.2, 0.25) is 5.95 Å². The maximum atomic E-state index is 14.3. The van der Waals surface area contributed by atoms with Crippen LogP contribution in [0.25, 0.3) is 11.1 Å². The predicted molar refractivity (Wildman–Crippen MR) is 114 cm³/mol. The Morgan fingerprint density at radius 1 is 1.00 bits per heavy atom. The second kappa shape index (κ2) is 8.11. The van der Waals surface area contributed by atoms with Crippen LogP contribution < -0.4 is 10.6 Å². The van der Waals surface area contributed by atoms with Crippen LogP contribution in [0.2, 0.25) is 5.02 Å². The van der Waals surface area contributed by atoms with Crippen molar-refractivity contribution in [3.05, 3.63) is 65.6 Å². The van der Waals surface area contributed by atoms with Gasteiger partial charge in [-0.3, -0.25) is 9.36 Å². The highest BCUT2D eigenvalue weighted by Crippen LogP contribution is 2.29. The van der Waals surface area contributed by atoms with Crippen LogP contribution in [0.1, 0.15) is 18.5 Å². The maximum absolute atomic E-state index is 14.3. The molecule has 3 heterocycles. The van der Waals surface area contributed by atoms with E-state index in [1.165, 1.54) is 18.3 Å². The van der Waals surface area contributed by atoms with Gasteiger partial charge in [-0.15, -0.1) is 0 Å². The first-order chi connectivity index (χ1) is 14.4. The summed E-state index contributed by atoms with van der Waals surface area (Å²) in [7, 11) is 3.64. The number of anilines is 3. The Balaban J connectivity index is 1.57. The van der Waals surface area contributed by atoms with Gasteiger partial charge < -0.3 is 10.6 Å². The summed E-state index contributed by atoms with van der Waals surface area (Å²) in [6.45, 7) is 1.91. The molecular formula is C20H20ClFN8. The van der Waals surface area contributed by atoms with E-state index in [1.807, 2.05) is 33.3 Å². The molecule has 0 saturated heterocycles. The first kappa shape index (κ1) is 19.8. The molecule has 0 aliphatic carbocycles. The van der Waals surface area contributed by atoms with Crippen molar-refractivity contribution in [1.29, 1.82) is 0 Å². The number of halogens is 2. The molecule has 0 radical (unpaired) electrons. The van der Waals surface area contributed by atoms with Gasteiger partial charge in [0.15, 0.2) is 5.82 Å². The van der Waals surface area contributed by atoms with Gasteiger partial charge in [0.05, 0.1) is 30.3 Å². The van der Waals surface area contributed by atoms with Gasteiger partial charge in [0, 0.05) is 32.1 Å². The Labute approximate surface area is 177 Å². The molecule has 1 unspecified atom stereocenters. The second-order valence-corrected chi connectivity index (χ2v) is 7.37. The minimum atomic E-state index is -0.326. The van der Waals surface area contributed by atoms with E-state index in [0.29, 0.717) is 16.8 Å². The molecule has 1 aromatic carbocycles. The number of aryl methyl sites for hydroxylation is 2. The van der Waals surface area contributed by atoms with Crippen LogP contribution in [0.4, 0.5) is 21.8 Å². The third kappa shape index (κ3) is 4.41. The maximum Gasteiger partial charge on any atom is 0.229 e. The predicted octanol–water partition coefficient (Wildman–Crippen LogP) is 4.32. The van der Waals surface area contributed by atoms with Crippen molar-refractivity contribution in [3.8, 4) is 11.1 Å². The van der Waals surface area contributed by atoms with E-state index >= 15 is 0 Å². The molecule has 10 heteroatoms. The summed E-state index contributed by atoms with van der Waals surface area (Å²) in [5, 5.41) is 14.9. The number of nitrogens with one attached hydrogen (secondary N) is 2. The summed E-state index contributed by atoms with van der Waals surface area (Å²) in [4.78, 5) is 8.63. The van der Waals surface area contributed by atoms with Crippen molar-refractivity contribution in [1.82, 2.24) is 29.5 Å². The highest BCUT2D eigenvalue weighted by molar-refractivity contribution is 6.32. The summed E-state index contributed by atoms with van der Waals surface area (Å²) >= 11 is 6.28. The SMILES string of the molecule is CC(Nc1nc(Nc2cnn(C)c2)ncc1Cl)c1cc(F)cc(-c2cnn(C)c2)c1. The molecule has 0 bridgehead atoms. The van der Waals surface area contributed by atoms with Crippen LogP contribution in [0.15, 0.2) is 49.2 Å². The average Bonchev–Trinajstić information content (AvgIpc) is 3.32. The Kier molecular flexibility index (Phi) is 5.37. The third-order valence-electron chi connectivity index (χ3n) is 4.52. The van der Waals surface area contributed by atoms with Gasteiger partial charge in [-0.25, -0.2) is 9.37 Å². The van der Waals surface area contributed by atoms with Gasteiger partial charge in [-0.1, -0.05) is 11.6 Å². The number of aromatic nitrogens is 6. The van der Waals surface area contributed by atoms with Crippen molar-refractivity contribution < 1.29 is 4.39 Å². The van der Waals surface area contributed by atoms with Crippen molar-refractivity contribution >= 4 is 29.1 Å². The second-order valence-electron chi connectivity index (χ2n) is 6.96. The van der Waals surface area contributed by atoms with E-state index in [1.54, 1.807) is 28.0 Å². The fourth-order valence-corrected chi connectivity index (χ4v) is 3.18. The van der Waals surface area contributed by atoms with Crippen LogP contribution >= 0.6 is 11.6 Å². The van der Waals surface area contributed by atoms with Crippen molar-refractivity contribution in [2.75, 3.05) is 10.6 Å². The number of rotatable bonds is 6. The normalized spacial score (nSPS) is 12.0. The highest BCUT2D eigenvalue weighted by Gasteiger charge is 2.14. The van der Waals surface area contributed by atoms with E-state index in [2.05, 4.69) is 30.8 Å². The smallest absolute Gasteiger partial charge is 0.229 e. The minimum Gasteiger partial charge on any atom is -0.362 e. The summed E-state index contributed by atoms with van der Waals surface area (Å²) < 4.78 is 17.6. The number of hydrogen-bond acceptors (Lipinski definition) is 6. The van der Waals surface area contributed by atoms with Crippen molar-refractivity contribution in [2.45, 2.75) is 13.0 Å². The lowest BCUT2D eigenvalue weighted by Gasteiger charge is -2.17. The molecule has 0 fully saturated rings. The average molecular weight is 427 g/mol. The van der Waals surface area contributed by atoms with Crippen LogP contribution in [0.5, 0.6) is 0 Å². The first-order valence-corrected chi connectivity index (χ1v) is 9.59. The topological polar surface area (TPSA) is 85.5 Å². The standard InChI is InChI=1S/C20H20ClFN8/c1-12(13-4-14(6-16(22)5-13)15-7-24-29(2)10-15)26-19-18(21)9-23-20(28-19)27-17-8-25-30(3)11-17/h4-12H,1-3H3,(H2,23,26,27,28). The van der Waals surface area contributed by atoms with E-state index in [0.717, 1.165) is 22.4 Å². The minimum absolute atomic E-state index is 0.255. The Bertz CT molecular complexity index is 1190. The highest BCUT2D eigenvalue weighted by atomic mass is 35.5. The number of nitrogens with zero attached hydrogens (tertiary/aromatic N) is 6.